The van der Waals surface area contributed by atoms with Gasteiger partial charge in [-0.05, 0) is 11.6 Å². The van der Waals surface area contributed by atoms with Gasteiger partial charge in [-0.3, -0.25) is 4.79 Å². The van der Waals surface area contributed by atoms with E-state index < -0.39 is 30.3 Å². The third kappa shape index (κ3) is 2.68. The molecule has 0 bridgehead atoms. The first kappa shape index (κ1) is 11.5. The lowest BCUT2D eigenvalue weighted by Crippen LogP contribution is -2.09. The summed E-state index contributed by atoms with van der Waals surface area (Å²) in [7, 11) is 1.13. The van der Waals surface area contributed by atoms with Gasteiger partial charge in [-0.15, -0.1) is 0 Å². The topological polar surface area (TPSA) is 39.2 Å². The lowest BCUT2D eigenvalue weighted by molar-refractivity contribution is -0.139. The van der Waals surface area contributed by atoms with Gasteiger partial charge in [-0.1, -0.05) is 0 Å². The minimum Gasteiger partial charge on any atom is -0.469 e. The number of hydrogen-bond acceptors (Lipinski definition) is 3. The molecule has 0 radical (unpaired) electrons. The van der Waals surface area contributed by atoms with Gasteiger partial charge in [0.1, 0.15) is 0 Å². The number of ether oxygens (including phenoxy) is 1. The number of hydrogen-bond donors (Lipinski definition) is 0. The molecular weight excluding hydrogens is 211 g/mol. The van der Waals surface area contributed by atoms with Gasteiger partial charge in [0, 0.05) is 6.20 Å². The molecule has 0 saturated heterocycles. The van der Waals surface area contributed by atoms with Crippen molar-refractivity contribution in [3.05, 3.63) is 29.3 Å². The molecule has 1 heterocycles. The molecule has 0 amide bonds. The van der Waals surface area contributed by atoms with Crippen molar-refractivity contribution in [3.8, 4) is 0 Å². The van der Waals surface area contributed by atoms with Crippen LogP contribution in [0.4, 0.5) is 13.2 Å². The van der Waals surface area contributed by atoms with Crippen LogP contribution in [0, 0.1) is 5.95 Å². The van der Waals surface area contributed by atoms with Crippen molar-refractivity contribution in [3.63, 3.8) is 0 Å². The molecule has 6 heteroatoms. The van der Waals surface area contributed by atoms with Crippen molar-refractivity contribution in [1.82, 2.24) is 4.98 Å². The lowest BCUT2D eigenvalue weighted by atomic mass is 10.1. The summed E-state index contributed by atoms with van der Waals surface area (Å²) < 4.78 is 42.0. The summed E-state index contributed by atoms with van der Waals surface area (Å²) >= 11 is 0. The first-order chi connectivity index (χ1) is 7.06. The van der Waals surface area contributed by atoms with Crippen LogP contribution >= 0.6 is 0 Å². The summed E-state index contributed by atoms with van der Waals surface area (Å²) in [4.78, 5) is 14.0. The number of esters is 1. The molecule has 0 aliphatic carbocycles. The number of rotatable bonds is 3. The third-order valence-electron chi connectivity index (χ3n) is 1.81. The summed E-state index contributed by atoms with van der Waals surface area (Å²) in [5.74, 6) is -1.96. The molecule has 0 aliphatic rings. The maximum absolute atomic E-state index is 12.9. The van der Waals surface area contributed by atoms with Crippen LogP contribution in [0.1, 0.15) is 17.6 Å². The zero-order valence-corrected chi connectivity index (χ0v) is 7.84. The van der Waals surface area contributed by atoms with E-state index in [-0.39, 0.29) is 5.56 Å². The van der Waals surface area contributed by atoms with Gasteiger partial charge in [0.05, 0.1) is 19.1 Å². The third-order valence-corrected chi connectivity index (χ3v) is 1.81. The zero-order chi connectivity index (χ0) is 11.4. The minimum absolute atomic E-state index is 0.107. The van der Waals surface area contributed by atoms with Gasteiger partial charge in [-0.2, -0.15) is 4.39 Å². The number of aromatic nitrogens is 1. The van der Waals surface area contributed by atoms with Crippen molar-refractivity contribution in [2.45, 2.75) is 12.8 Å². The van der Waals surface area contributed by atoms with Crippen LogP contribution in [0.2, 0.25) is 0 Å². The Balaban J connectivity index is 3.06. The lowest BCUT2D eigenvalue weighted by Gasteiger charge is -2.07. The van der Waals surface area contributed by atoms with Gasteiger partial charge in [0.15, 0.2) is 0 Å². The molecule has 0 aliphatic heterocycles. The Morgan fingerprint density at radius 3 is 2.80 bits per heavy atom. The van der Waals surface area contributed by atoms with Gasteiger partial charge < -0.3 is 4.74 Å². The number of nitrogens with zero attached hydrogens (tertiary/aromatic N) is 1. The minimum atomic E-state index is -3.00. The summed E-state index contributed by atoms with van der Waals surface area (Å²) in [6.07, 6.45) is -2.37. The smallest absolute Gasteiger partial charge is 0.309 e. The van der Waals surface area contributed by atoms with E-state index >= 15 is 0 Å². The summed E-state index contributed by atoms with van der Waals surface area (Å²) in [5, 5.41) is 0. The first-order valence-electron chi connectivity index (χ1n) is 4.04. The number of halogens is 3. The van der Waals surface area contributed by atoms with Gasteiger partial charge in [-0.25, -0.2) is 13.8 Å². The van der Waals surface area contributed by atoms with Crippen LogP contribution in [-0.4, -0.2) is 18.1 Å². The number of alkyl halides is 2. The molecule has 0 spiro atoms. The molecule has 0 N–H and O–H groups in total. The molecule has 0 fully saturated rings. The Morgan fingerprint density at radius 1 is 1.60 bits per heavy atom. The SMILES string of the molecule is COC(=O)Cc1ccnc(F)c1C(F)F. The maximum atomic E-state index is 12.9. The molecule has 1 rings (SSSR count). The van der Waals surface area contributed by atoms with E-state index in [1.54, 1.807) is 0 Å². The van der Waals surface area contributed by atoms with E-state index in [9.17, 15) is 18.0 Å². The van der Waals surface area contributed by atoms with Crippen LogP contribution in [0.5, 0.6) is 0 Å². The number of pyridine rings is 1. The van der Waals surface area contributed by atoms with Crippen LogP contribution in [0.15, 0.2) is 12.3 Å². The fourth-order valence-electron chi connectivity index (χ4n) is 1.10. The van der Waals surface area contributed by atoms with Crippen molar-refractivity contribution >= 4 is 5.97 Å². The standard InChI is InChI=1S/C9H8F3NO2/c1-15-6(14)4-5-2-3-13-9(12)7(5)8(10)11/h2-3,8H,4H2,1H3. The summed E-state index contributed by atoms with van der Waals surface area (Å²) in [6, 6.07) is 1.17. The number of carbonyl (C=O) groups is 1. The predicted molar refractivity (Wildman–Crippen MR) is 44.9 cm³/mol. The second-order valence-corrected chi connectivity index (χ2v) is 2.73. The quantitative estimate of drug-likeness (QED) is 0.575. The molecule has 0 saturated carbocycles. The summed E-state index contributed by atoms with van der Waals surface area (Å²) in [6.45, 7) is 0. The molecule has 0 atom stereocenters. The molecule has 15 heavy (non-hydrogen) atoms. The second kappa shape index (κ2) is 4.77. The number of methoxy groups -OCH3 is 1. The van der Waals surface area contributed by atoms with Gasteiger partial charge >= 0.3 is 5.97 Å². The molecule has 82 valence electrons. The van der Waals surface area contributed by atoms with Crippen LogP contribution < -0.4 is 0 Å². The summed E-state index contributed by atoms with van der Waals surface area (Å²) in [5.41, 5.74) is -0.952. The molecule has 0 aromatic carbocycles. The molecule has 1 aromatic heterocycles. The van der Waals surface area contributed by atoms with Crippen molar-refractivity contribution in [1.29, 1.82) is 0 Å². The van der Waals surface area contributed by atoms with Gasteiger partial charge in [0.25, 0.3) is 6.43 Å². The second-order valence-electron chi connectivity index (χ2n) is 2.73. The fourth-order valence-corrected chi connectivity index (χ4v) is 1.10. The molecular formula is C9H8F3NO2. The predicted octanol–water partition coefficient (Wildman–Crippen LogP) is 1.87. The van der Waals surface area contributed by atoms with E-state index in [2.05, 4.69) is 9.72 Å². The van der Waals surface area contributed by atoms with E-state index in [1.807, 2.05) is 0 Å². The Kier molecular flexibility index (Phi) is 3.65. The number of carbonyl (C=O) groups excluding carboxylic acids is 1. The molecule has 1 aromatic rings. The Hall–Kier alpha value is -1.59. The average molecular weight is 219 g/mol. The normalized spacial score (nSPS) is 10.5. The highest BCUT2D eigenvalue weighted by molar-refractivity contribution is 5.72. The molecule has 3 nitrogen and oxygen atoms in total. The largest absolute Gasteiger partial charge is 0.469 e. The van der Waals surface area contributed by atoms with Crippen molar-refractivity contribution in [2.75, 3.05) is 7.11 Å². The van der Waals surface area contributed by atoms with E-state index in [0.717, 1.165) is 13.3 Å². The van der Waals surface area contributed by atoms with E-state index in [1.165, 1.54) is 6.07 Å². The Labute approximate surface area is 83.9 Å². The zero-order valence-electron chi connectivity index (χ0n) is 7.84. The first-order valence-corrected chi connectivity index (χ1v) is 4.04. The van der Waals surface area contributed by atoms with Crippen LogP contribution in [0.25, 0.3) is 0 Å². The fraction of sp³-hybridized carbons (Fsp3) is 0.333. The Morgan fingerprint density at radius 2 is 2.27 bits per heavy atom. The van der Waals surface area contributed by atoms with Crippen molar-refractivity contribution in [2.24, 2.45) is 0 Å². The van der Waals surface area contributed by atoms with E-state index in [4.69, 9.17) is 0 Å². The average Bonchev–Trinajstić information content (AvgIpc) is 2.17. The Bertz CT molecular complexity index is 368. The highest BCUT2D eigenvalue weighted by Gasteiger charge is 2.20. The highest BCUT2D eigenvalue weighted by atomic mass is 19.3. The van der Waals surface area contributed by atoms with Crippen molar-refractivity contribution < 1.29 is 22.7 Å². The monoisotopic (exact) mass is 219 g/mol. The van der Waals surface area contributed by atoms with Gasteiger partial charge in [0.2, 0.25) is 5.95 Å². The van der Waals surface area contributed by atoms with Crippen LogP contribution in [-0.2, 0) is 16.0 Å². The highest BCUT2D eigenvalue weighted by Crippen LogP contribution is 2.25. The van der Waals surface area contributed by atoms with Crippen LogP contribution in [0.3, 0.4) is 0 Å². The molecule has 0 unspecified atom stereocenters. The van der Waals surface area contributed by atoms with E-state index in [0.29, 0.717) is 0 Å². The maximum Gasteiger partial charge on any atom is 0.309 e.